The van der Waals surface area contributed by atoms with Gasteiger partial charge in [-0.1, -0.05) is 6.07 Å². The average molecular weight is 250 g/mol. The lowest BCUT2D eigenvalue weighted by Crippen LogP contribution is -2.40. The van der Waals surface area contributed by atoms with E-state index >= 15 is 0 Å². The van der Waals surface area contributed by atoms with Gasteiger partial charge < -0.3 is 14.7 Å². The summed E-state index contributed by atoms with van der Waals surface area (Å²) in [5, 5.41) is 8.80. The third-order valence-electron chi connectivity index (χ3n) is 2.94. The Labute approximate surface area is 104 Å². The minimum absolute atomic E-state index is 0.248. The number of nitrogens with zero attached hydrogens (tertiary/aromatic N) is 2. The first kappa shape index (κ1) is 12.3. The maximum absolute atomic E-state index is 11.8. The van der Waals surface area contributed by atoms with E-state index in [1.807, 2.05) is 0 Å². The third kappa shape index (κ3) is 2.97. The Hall–Kier alpha value is -2.11. The Morgan fingerprint density at radius 3 is 2.61 bits per heavy atom. The van der Waals surface area contributed by atoms with Crippen molar-refractivity contribution in [1.82, 2.24) is 9.88 Å². The molecule has 96 valence electrons. The van der Waals surface area contributed by atoms with Crippen LogP contribution in [0.2, 0.25) is 0 Å². The maximum atomic E-state index is 11.8. The van der Waals surface area contributed by atoms with Gasteiger partial charge in [0, 0.05) is 25.4 Å². The van der Waals surface area contributed by atoms with E-state index in [-0.39, 0.29) is 17.8 Å². The Morgan fingerprint density at radius 1 is 1.33 bits per heavy atom. The molecule has 1 aliphatic rings. The van der Waals surface area contributed by atoms with Gasteiger partial charge in [0.25, 0.3) is 0 Å². The molecule has 6 nitrogen and oxygen atoms in total. The van der Waals surface area contributed by atoms with E-state index in [4.69, 9.17) is 9.84 Å². The zero-order valence-electron chi connectivity index (χ0n) is 9.78. The van der Waals surface area contributed by atoms with Crippen LogP contribution in [0.4, 0.5) is 4.79 Å². The van der Waals surface area contributed by atoms with Gasteiger partial charge in [0.05, 0.1) is 5.92 Å². The van der Waals surface area contributed by atoms with Crippen molar-refractivity contribution >= 4 is 12.1 Å². The van der Waals surface area contributed by atoms with Crippen LogP contribution in [0.15, 0.2) is 24.4 Å². The minimum Gasteiger partial charge on any atom is -0.465 e. The minimum atomic E-state index is -0.938. The van der Waals surface area contributed by atoms with E-state index in [1.54, 1.807) is 24.4 Å². The highest BCUT2D eigenvalue weighted by molar-refractivity contribution is 5.75. The van der Waals surface area contributed by atoms with Crippen molar-refractivity contribution in [3.8, 4) is 5.88 Å². The summed E-state index contributed by atoms with van der Waals surface area (Å²) in [6.45, 7) is 0.745. The molecule has 2 heterocycles. The predicted molar refractivity (Wildman–Crippen MR) is 62.2 cm³/mol. The SMILES string of the molecule is O=C(Oc1ccccn1)C1CCN(C(=O)O)CC1. The van der Waals surface area contributed by atoms with Crippen LogP contribution in [0.3, 0.4) is 0 Å². The Bertz CT molecular complexity index is 427. The van der Waals surface area contributed by atoms with Gasteiger partial charge in [-0.25, -0.2) is 9.78 Å². The second kappa shape index (κ2) is 5.48. The highest BCUT2D eigenvalue weighted by atomic mass is 16.5. The van der Waals surface area contributed by atoms with Gasteiger partial charge >= 0.3 is 12.1 Å². The van der Waals surface area contributed by atoms with Gasteiger partial charge in [-0.2, -0.15) is 0 Å². The fourth-order valence-electron chi connectivity index (χ4n) is 1.90. The van der Waals surface area contributed by atoms with Crippen molar-refractivity contribution in [2.45, 2.75) is 12.8 Å². The van der Waals surface area contributed by atoms with E-state index in [1.165, 1.54) is 4.90 Å². The van der Waals surface area contributed by atoms with Crippen molar-refractivity contribution in [3.63, 3.8) is 0 Å². The molecule has 18 heavy (non-hydrogen) atoms. The number of hydrogen-bond donors (Lipinski definition) is 1. The normalized spacial score (nSPS) is 16.3. The van der Waals surface area contributed by atoms with Gasteiger partial charge in [0.15, 0.2) is 0 Å². The highest BCUT2D eigenvalue weighted by Gasteiger charge is 2.28. The molecule has 1 N–H and O–H groups in total. The number of likely N-dealkylation sites (tertiary alicyclic amines) is 1. The molecule has 1 aromatic heterocycles. The van der Waals surface area contributed by atoms with Crippen LogP contribution in [0.25, 0.3) is 0 Å². The molecule has 1 aliphatic heterocycles. The van der Waals surface area contributed by atoms with Crippen molar-refractivity contribution in [3.05, 3.63) is 24.4 Å². The van der Waals surface area contributed by atoms with E-state index < -0.39 is 6.09 Å². The first-order valence-corrected chi connectivity index (χ1v) is 5.77. The third-order valence-corrected chi connectivity index (χ3v) is 2.94. The van der Waals surface area contributed by atoms with Crippen LogP contribution in [-0.4, -0.2) is 40.1 Å². The number of aromatic nitrogens is 1. The van der Waals surface area contributed by atoms with Gasteiger partial charge in [-0.05, 0) is 18.9 Å². The fourth-order valence-corrected chi connectivity index (χ4v) is 1.90. The molecular weight excluding hydrogens is 236 g/mol. The zero-order valence-corrected chi connectivity index (χ0v) is 9.78. The summed E-state index contributed by atoms with van der Waals surface area (Å²) in [4.78, 5) is 27.8. The largest absolute Gasteiger partial charge is 0.465 e. The van der Waals surface area contributed by atoms with Crippen molar-refractivity contribution in [1.29, 1.82) is 0 Å². The molecule has 1 aromatic rings. The number of hydrogen-bond acceptors (Lipinski definition) is 4. The number of amides is 1. The number of carboxylic acid groups (broad SMARTS) is 1. The molecular formula is C12H14N2O4. The standard InChI is InChI=1S/C12H14N2O4/c15-11(18-10-3-1-2-6-13-10)9-4-7-14(8-5-9)12(16)17/h1-3,6,9H,4-5,7-8H2,(H,16,17). The van der Waals surface area contributed by atoms with Crippen LogP contribution in [0.5, 0.6) is 5.88 Å². The molecule has 1 saturated heterocycles. The predicted octanol–water partition coefficient (Wildman–Crippen LogP) is 1.38. The first-order valence-electron chi connectivity index (χ1n) is 5.77. The van der Waals surface area contributed by atoms with Gasteiger partial charge in [0.2, 0.25) is 5.88 Å². The van der Waals surface area contributed by atoms with Gasteiger partial charge in [0.1, 0.15) is 0 Å². The number of carbonyl (C=O) groups is 2. The molecule has 0 atom stereocenters. The topological polar surface area (TPSA) is 79.7 Å². The molecule has 1 fully saturated rings. The Morgan fingerprint density at radius 2 is 2.06 bits per heavy atom. The zero-order chi connectivity index (χ0) is 13.0. The Kier molecular flexibility index (Phi) is 3.76. The summed E-state index contributed by atoms with van der Waals surface area (Å²) in [6.07, 6.45) is 1.61. The monoisotopic (exact) mass is 250 g/mol. The number of esters is 1. The van der Waals surface area contributed by atoms with E-state index in [0.29, 0.717) is 25.9 Å². The molecule has 0 unspecified atom stereocenters. The number of ether oxygens (including phenoxy) is 1. The summed E-state index contributed by atoms with van der Waals surface area (Å²) in [5.41, 5.74) is 0. The molecule has 0 saturated carbocycles. The van der Waals surface area contributed by atoms with Crippen molar-refractivity contribution in [2.24, 2.45) is 5.92 Å². The lowest BCUT2D eigenvalue weighted by Gasteiger charge is -2.28. The molecule has 1 amide bonds. The number of pyridine rings is 1. The number of rotatable bonds is 2. The van der Waals surface area contributed by atoms with E-state index in [2.05, 4.69) is 4.98 Å². The summed E-state index contributed by atoms with van der Waals surface area (Å²) < 4.78 is 5.13. The number of piperidine rings is 1. The molecule has 6 heteroatoms. The van der Waals surface area contributed by atoms with Crippen LogP contribution >= 0.6 is 0 Å². The molecule has 0 bridgehead atoms. The average Bonchev–Trinajstić information content (AvgIpc) is 2.40. The molecule has 0 aliphatic carbocycles. The summed E-state index contributed by atoms with van der Waals surface area (Å²) in [6, 6.07) is 5.09. The lowest BCUT2D eigenvalue weighted by atomic mass is 9.97. The summed E-state index contributed by atoms with van der Waals surface area (Å²) in [7, 11) is 0. The second-order valence-corrected chi connectivity index (χ2v) is 4.13. The maximum Gasteiger partial charge on any atom is 0.407 e. The van der Waals surface area contributed by atoms with E-state index in [9.17, 15) is 9.59 Å². The molecule has 2 rings (SSSR count). The van der Waals surface area contributed by atoms with Crippen LogP contribution < -0.4 is 4.74 Å². The molecule has 0 radical (unpaired) electrons. The quantitative estimate of drug-likeness (QED) is 0.802. The smallest absolute Gasteiger partial charge is 0.407 e. The van der Waals surface area contributed by atoms with Gasteiger partial charge in [-0.15, -0.1) is 0 Å². The molecule has 0 aromatic carbocycles. The molecule has 0 spiro atoms. The lowest BCUT2D eigenvalue weighted by molar-refractivity contribution is -0.140. The summed E-state index contributed by atoms with van der Waals surface area (Å²) in [5.74, 6) is -0.301. The fraction of sp³-hybridized carbons (Fsp3) is 0.417. The van der Waals surface area contributed by atoms with Crippen LogP contribution in [0, 0.1) is 5.92 Å². The Balaban J connectivity index is 1.86. The van der Waals surface area contributed by atoms with Crippen LogP contribution in [0.1, 0.15) is 12.8 Å². The van der Waals surface area contributed by atoms with Crippen molar-refractivity contribution < 1.29 is 19.4 Å². The van der Waals surface area contributed by atoms with Crippen molar-refractivity contribution in [2.75, 3.05) is 13.1 Å². The highest BCUT2D eigenvalue weighted by Crippen LogP contribution is 2.19. The first-order chi connectivity index (χ1) is 8.66. The number of carbonyl (C=O) groups excluding carboxylic acids is 1. The summed E-state index contributed by atoms with van der Waals surface area (Å²) >= 11 is 0. The van der Waals surface area contributed by atoms with Crippen LogP contribution in [-0.2, 0) is 4.79 Å². The second-order valence-electron chi connectivity index (χ2n) is 4.13. The van der Waals surface area contributed by atoms with Gasteiger partial charge in [-0.3, -0.25) is 4.79 Å². The van der Waals surface area contributed by atoms with E-state index in [0.717, 1.165) is 0 Å².